The molecule has 1 aliphatic rings. The lowest BCUT2D eigenvalue weighted by Crippen LogP contribution is -2.73. The molecule has 0 unspecified atom stereocenters. The third-order valence-corrected chi connectivity index (χ3v) is 4.12. The van der Waals surface area contributed by atoms with Gasteiger partial charge in [0.15, 0.2) is 0 Å². The lowest BCUT2D eigenvalue weighted by molar-refractivity contribution is -0.195. The normalized spacial score (nSPS) is 27.4. The highest BCUT2D eigenvalue weighted by Gasteiger charge is 2.62. The largest absolute Gasteiger partial charge is 0.380 e. The van der Waals surface area contributed by atoms with E-state index in [0.29, 0.717) is 0 Å². The summed E-state index contributed by atoms with van der Waals surface area (Å²) < 4.78 is 5.55. The molecule has 1 aliphatic carbocycles. The Hall–Kier alpha value is -1.49. The molecule has 19 heavy (non-hydrogen) atoms. The van der Waals surface area contributed by atoms with Crippen LogP contribution in [0.4, 0.5) is 0 Å². The highest BCUT2D eigenvalue weighted by atomic mass is 16.5. The van der Waals surface area contributed by atoms with E-state index in [2.05, 4.69) is 43.0 Å². The number of amides is 1. The molecular weight excluding hydrogens is 242 g/mol. The summed E-state index contributed by atoms with van der Waals surface area (Å²) in [6, 6.07) is 1.72. The van der Waals surface area contributed by atoms with Crippen LogP contribution in [0.1, 0.15) is 38.3 Å². The van der Waals surface area contributed by atoms with E-state index in [0.717, 1.165) is 0 Å². The molecular formula is C14H21N3O2. The molecule has 0 spiro atoms. The summed E-state index contributed by atoms with van der Waals surface area (Å²) in [5, 5.41) is 3.03. The van der Waals surface area contributed by atoms with Crippen LogP contribution < -0.4 is 5.32 Å². The molecule has 104 valence electrons. The first-order chi connectivity index (χ1) is 8.81. The van der Waals surface area contributed by atoms with Crippen LogP contribution in [0.25, 0.3) is 0 Å². The van der Waals surface area contributed by atoms with Crippen molar-refractivity contribution in [3.05, 3.63) is 24.3 Å². The number of carbonyl (C=O) groups excluding carboxylic acids is 1. The van der Waals surface area contributed by atoms with Crippen molar-refractivity contribution in [3.63, 3.8) is 0 Å². The van der Waals surface area contributed by atoms with Gasteiger partial charge < -0.3 is 10.1 Å². The van der Waals surface area contributed by atoms with E-state index in [9.17, 15) is 4.79 Å². The van der Waals surface area contributed by atoms with Crippen LogP contribution in [0.5, 0.6) is 0 Å². The third-order valence-electron chi connectivity index (χ3n) is 4.12. The van der Waals surface area contributed by atoms with Gasteiger partial charge in [-0.05, 0) is 6.07 Å². The molecule has 1 aromatic heterocycles. The number of nitrogens with zero attached hydrogens (tertiary/aromatic N) is 2. The van der Waals surface area contributed by atoms with Gasteiger partial charge in [-0.25, -0.2) is 9.97 Å². The Morgan fingerprint density at radius 2 is 1.74 bits per heavy atom. The summed E-state index contributed by atoms with van der Waals surface area (Å²) in [6.07, 6.45) is 3.25. The number of aromatic nitrogens is 2. The van der Waals surface area contributed by atoms with Gasteiger partial charge in [-0.3, -0.25) is 4.79 Å². The molecule has 2 rings (SSSR count). The Balaban J connectivity index is 2.14. The first-order valence-electron chi connectivity index (χ1n) is 6.42. The van der Waals surface area contributed by atoms with Gasteiger partial charge in [-0.2, -0.15) is 0 Å². The van der Waals surface area contributed by atoms with Crippen molar-refractivity contribution in [2.24, 2.45) is 10.8 Å². The van der Waals surface area contributed by atoms with E-state index in [1.807, 2.05) is 0 Å². The summed E-state index contributed by atoms with van der Waals surface area (Å²) in [4.78, 5) is 20.1. The van der Waals surface area contributed by atoms with E-state index in [1.165, 1.54) is 0 Å². The molecule has 0 aromatic carbocycles. The lowest BCUT2D eigenvalue weighted by Gasteiger charge is -2.63. The van der Waals surface area contributed by atoms with Gasteiger partial charge in [0.2, 0.25) is 5.82 Å². The van der Waals surface area contributed by atoms with Crippen LogP contribution in [-0.4, -0.2) is 35.1 Å². The van der Waals surface area contributed by atoms with Crippen LogP contribution >= 0.6 is 0 Å². The van der Waals surface area contributed by atoms with Crippen molar-refractivity contribution < 1.29 is 9.53 Å². The van der Waals surface area contributed by atoms with E-state index in [1.54, 1.807) is 25.6 Å². The maximum atomic E-state index is 12.1. The molecule has 0 aliphatic heterocycles. The lowest BCUT2D eigenvalue weighted by atomic mass is 9.49. The highest BCUT2D eigenvalue weighted by Crippen LogP contribution is 2.55. The predicted molar refractivity (Wildman–Crippen MR) is 71.6 cm³/mol. The topological polar surface area (TPSA) is 64.1 Å². The molecule has 1 heterocycles. The second kappa shape index (κ2) is 4.56. The van der Waals surface area contributed by atoms with Gasteiger partial charge in [0.1, 0.15) is 0 Å². The molecule has 1 N–H and O–H groups in total. The smallest absolute Gasteiger partial charge is 0.289 e. The van der Waals surface area contributed by atoms with Gasteiger partial charge in [0, 0.05) is 36.4 Å². The molecule has 1 aromatic rings. The Kier molecular flexibility index (Phi) is 3.34. The first kappa shape index (κ1) is 13.9. The second-order valence-electron chi connectivity index (χ2n) is 6.24. The summed E-state index contributed by atoms with van der Waals surface area (Å²) in [5.41, 5.74) is -0.217. The van der Waals surface area contributed by atoms with Crippen molar-refractivity contribution in [3.8, 4) is 0 Å². The average Bonchev–Trinajstić information content (AvgIpc) is 2.36. The van der Waals surface area contributed by atoms with Crippen LogP contribution in [0.15, 0.2) is 18.5 Å². The molecule has 1 amide bonds. The van der Waals surface area contributed by atoms with Gasteiger partial charge in [-0.1, -0.05) is 27.7 Å². The summed E-state index contributed by atoms with van der Waals surface area (Å²) in [5.74, 6) is -0.0312. The minimum atomic E-state index is -0.235. The number of hydrogen-bond acceptors (Lipinski definition) is 4. The zero-order valence-corrected chi connectivity index (χ0v) is 12.1. The van der Waals surface area contributed by atoms with Crippen LogP contribution in [0.3, 0.4) is 0 Å². The van der Waals surface area contributed by atoms with E-state index in [-0.39, 0.29) is 34.7 Å². The number of ether oxygens (including phenoxy) is 1. The van der Waals surface area contributed by atoms with Crippen LogP contribution in [0, 0.1) is 10.8 Å². The van der Waals surface area contributed by atoms with Crippen molar-refractivity contribution in [1.29, 1.82) is 0 Å². The van der Waals surface area contributed by atoms with E-state index >= 15 is 0 Å². The Bertz CT molecular complexity index is 455. The fraction of sp³-hybridized carbons (Fsp3) is 0.643. The standard InChI is InChI=1S/C14H21N3O2/c1-13(2)11(14(3,4)12(13)19-5)17-10(18)9-15-7-6-8-16-9/h6-8,11-12H,1-5H3,(H,17,18). The number of nitrogens with one attached hydrogen (secondary N) is 1. The van der Waals surface area contributed by atoms with Gasteiger partial charge in [-0.15, -0.1) is 0 Å². The van der Waals surface area contributed by atoms with Crippen LogP contribution in [0.2, 0.25) is 0 Å². The zero-order chi connectivity index (χ0) is 14.3. The van der Waals surface area contributed by atoms with E-state index in [4.69, 9.17) is 4.74 Å². The van der Waals surface area contributed by atoms with Gasteiger partial charge in [0.05, 0.1) is 6.10 Å². The second-order valence-corrected chi connectivity index (χ2v) is 6.24. The maximum absolute atomic E-state index is 12.1. The fourth-order valence-electron chi connectivity index (χ4n) is 3.72. The average molecular weight is 263 g/mol. The SMILES string of the molecule is COC1C(C)(C)C(NC(=O)c2ncccn2)C1(C)C. The molecule has 5 nitrogen and oxygen atoms in total. The van der Waals surface area contributed by atoms with Crippen molar-refractivity contribution in [1.82, 2.24) is 15.3 Å². The van der Waals surface area contributed by atoms with Gasteiger partial charge in [0.25, 0.3) is 5.91 Å². The molecule has 0 saturated heterocycles. The fourth-order valence-corrected chi connectivity index (χ4v) is 3.72. The summed E-state index contributed by atoms with van der Waals surface area (Å²) in [6.45, 7) is 8.40. The summed E-state index contributed by atoms with van der Waals surface area (Å²) >= 11 is 0. The van der Waals surface area contributed by atoms with Crippen molar-refractivity contribution in [2.75, 3.05) is 7.11 Å². The molecule has 0 atom stereocenters. The quantitative estimate of drug-likeness (QED) is 0.900. The predicted octanol–water partition coefficient (Wildman–Crippen LogP) is 1.66. The monoisotopic (exact) mass is 263 g/mol. The maximum Gasteiger partial charge on any atom is 0.289 e. The number of rotatable bonds is 3. The summed E-state index contributed by atoms with van der Waals surface area (Å²) in [7, 11) is 1.71. The number of carbonyl (C=O) groups is 1. The number of hydrogen-bond donors (Lipinski definition) is 1. The highest BCUT2D eigenvalue weighted by molar-refractivity contribution is 5.90. The minimum Gasteiger partial charge on any atom is -0.380 e. The zero-order valence-electron chi connectivity index (χ0n) is 12.1. The molecule has 0 bridgehead atoms. The van der Waals surface area contributed by atoms with Gasteiger partial charge >= 0.3 is 0 Å². The molecule has 0 radical (unpaired) electrons. The molecule has 1 fully saturated rings. The Morgan fingerprint density at radius 3 is 2.21 bits per heavy atom. The third kappa shape index (κ3) is 2.12. The van der Waals surface area contributed by atoms with Crippen LogP contribution in [-0.2, 0) is 4.74 Å². The Morgan fingerprint density at radius 1 is 1.21 bits per heavy atom. The first-order valence-corrected chi connectivity index (χ1v) is 6.42. The number of methoxy groups -OCH3 is 1. The van der Waals surface area contributed by atoms with Crippen molar-refractivity contribution in [2.45, 2.75) is 39.8 Å². The minimum absolute atomic E-state index is 0.0289. The molecule has 1 saturated carbocycles. The molecule has 5 heteroatoms. The van der Waals surface area contributed by atoms with Crippen molar-refractivity contribution >= 4 is 5.91 Å². The van der Waals surface area contributed by atoms with E-state index < -0.39 is 0 Å². The Labute approximate surface area is 113 Å².